The first-order valence-electron chi connectivity index (χ1n) is 6.98. The fourth-order valence-corrected chi connectivity index (χ4v) is 0.611. The number of benzene rings is 1. The van der Waals surface area contributed by atoms with Crippen LogP contribution < -0.4 is 9.47 Å². The standard InChI is InChI=1S/C10H11NO2/c1-12-9-3-5-10(6-4-9)13-8-2-7-11/h3-6H,2,8H2,1H3/i1D3,3D,4D,5D,6D. The Morgan fingerprint density at radius 2 is 2.15 bits per heavy atom. The van der Waals surface area contributed by atoms with Crippen LogP contribution in [0.25, 0.3) is 0 Å². The van der Waals surface area contributed by atoms with E-state index in [1.54, 1.807) is 0 Å². The molecule has 0 unspecified atom stereocenters. The molecule has 0 saturated heterocycles. The average molecular weight is 184 g/mol. The highest BCUT2D eigenvalue weighted by Crippen LogP contribution is 2.16. The van der Waals surface area contributed by atoms with Crippen LogP contribution in [0.15, 0.2) is 24.2 Å². The molecule has 0 saturated carbocycles. The lowest BCUT2D eigenvalue weighted by Crippen LogP contribution is -1.95. The van der Waals surface area contributed by atoms with Gasteiger partial charge in [0.25, 0.3) is 0 Å². The van der Waals surface area contributed by atoms with Crippen molar-refractivity contribution in [2.75, 3.05) is 13.6 Å². The summed E-state index contributed by atoms with van der Waals surface area (Å²) < 4.78 is 60.9. The van der Waals surface area contributed by atoms with E-state index in [-0.39, 0.29) is 18.8 Å². The number of hydrogen-bond acceptors (Lipinski definition) is 3. The van der Waals surface area contributed by atoms with E-state index in [9.17, 15) is 0 Å². The van der Waals surface area contributed by atoms with Gasteiger partial charge >= 0.3 is 0 Å². The molecule has 0 fully saturated rings. The molecule has 0 aliphatic rings. The molecule has 0 amide bonds. The summed E-state index contributed by atoms with van der Waals surface area (Å²) in [5.41, 5.74) is 0. The molecule has 68 valence electrons. The normalized spacial score (nSPS) is 17.6. The van der Waals surface area contributed by atoms with E-state index < -0.39 is 37.0 Å². The third kappa shape index (κ3) is 3.04. The Morgan fingerprint density at radius 3 is 2.77 bits per heavy atom. The van der Waals surface area contributed by atoms with Crippen LogP contribution in [-0.2, 0) is 0 Å². The van der Waals surface area contributed by atoms with E-state index in [1.807, 2.05) is 6.07 Å². The van der Waals surface area contributed by atoms with Crippen molar-refractivity contribution in [3.05, 3.63) is 24.2 Å². The Morgan fingerprint density at radius 1 is 1.46 bits per heavy atom. The Hall–Kier alpha value is -1.69. The van der Waals surface area contributed by atoms with E-state index >= 15 is 0 Å². The van der Waals surface area contributed by atoms with E-state index in [4.69, 9.17) is 19.6 Å². The van der Waals surface area contributed by atoms with E-state index in [1.165, 1.54) is 0 Å². The number of ether oxygens (including phenoxy) is 2. The molecule has 0 heterocycles. The van der Waals surface area contributed by atoms with Gasteiger partial charge in [0, 0.05) is 0 Å². The first kappa shape index (κ1) is 3.59. The predicted molar refractivity (Wildman–Crippen MR) is 48.7 cm³/mol. The second kappa shape index (κ2) is 5.04. The molecule has 0 spiro atoms. The molecule has 0 bridgehead atoms. The first-order valence-corrected chi connectivity index (χ1v) is 3.48. The summed E-state index contributed by atoms with van der Waals surface area (Å²) in [6, 6.07) is -0.586. The van der Waals surface area contributed by atoms with Crippen molar-refractivity contribution in [1.82, 2.24) is 0 Å². The minimum atomic E-state index is -2.88. The van der Waals surface area contributed by atoms with Gasteiger partial charge in [0.15, 0.2) is 0 Å². The average Bonchev–Trinajstić information content (AvgIpc) is 2.35. The molecule has 1 aromatic carbocycles. The molecule has 0 atom stereocenters. The van der Waals surface area contributed by atoms with Gasteiger partial charge in [-0.15, -0.1) is 0 Å². The molecule has 0 aliphatic carbocycles. The van der Waals surface area contributed by atoms with Crippen LogP contribution in [0.3, 0.4) is 0 Å². The summed E-state index contributed by atoms with van der Waals surface area (Å²) in [5.74, 6) is -0.999. The maximum atomic E-state index is 8.38. The molecule has 1 rings (SSSR count). The van der Waals surface area contributed by atoms with Gasteiger partial charge in [-0.3, -0.25) is 0 Å². The van der Waals surface area contributed by atoms with Crippen molar-refractivity contribution >= 4 is 0 Å². The largest absolute Gasteiger partial charge is 0.497 e. The molecular formula is C10H11NO2. The highest BCUT2D eigenvalue weighted by atomic mass is 16.5. The summed E-state index contributed by atoms with van der Waals surface area (Å²) in [7, 11) is -2.88. The second-order valence-corrected chi connectivity index (χ2v) is 2.02. The van der Waals surface area contributed by atoms with Crippen molar-refractivity contribution in [2.24, 2.45) is 0 Å². The van der Waals surface area contributed by atoms with E-state index in [0.717, 1.165) is 0 Å². The summed E-state index contributed by atoms with van der Waals surface area (Å²) in [6.07, 6.45) is 0.0209. The van der Waals surface area contributed by atoms with Crippen LogP contribution in [0.1, 0.15) is 16.0 Å². The van der Waals surface area contributed by atoms with Gasteiger partial charge in [-0.05, 0) is 24.2 Å². The summed E-state index contributed by atoms with van der Waals surface area (Å²) in [5, 5.41) is 8.38. The zero-order valence-electron chi connectivity index (χ0n) is 13.7. The van der Waals surface area contributed by atoms with Crippen LogP contribution >= 0.6 is 0 Å². The predicted octanol–water partition coefficient (Wildman–Crippen LogP) is 1.99. The van der Waals surface area contributed by atoms with Gasteiger partial charge in [0.2, 0.25) is 0 Å². The van der Waals surface area contributed by atoms with Crippen molar-refractivity contribution in [2.45, 2.75) is 6.42 Å². The maximum Gasteiger partial charge on any atom is 0.119 e. The van der Waals surface area contributed by atoms with Crippen LogP contribution in [0.2, 0.25) is 0 Å². The van der Waals surface area contributed by atoms with Crippen LogP contribution in [0.4, 0.5) is 0 Å². The Labute approximate surface area is 87.3 Å². The Balaban J connectivity index is 3.24. The number of nitrogens with zero attached hydrogens (tertiary/aromatic N) is 1. The third-order valence-electron chi connectivity index (χ3n) is 1.14. The fraction of sp³-hybridized carbons (Fsp3) is 0.300. The van der Waals surface area contributed by atoms with Crippen LogP contribution in [0, 0.1) is 11.3 Å². The van der Waals surface area contributed by atoms with Crippen molar-refractivity contribution < 1.29 is 19.1 Å². The number of nitriles is 1. The van der Waals surface area contributed by atoms with Gasteiger partial charge < -0.3 is 9.47 Å². The Kier molecular flexibility index (Phi) is 1.39. The van der Waals surface area contributed by atoms with Crippen molar-refractivity contribution in [3.8, 4) is 17.6 Å². The molecule has 13 heavy (non-hydrogen) atoms. The van der Waals surface area contributed by atoms with Crippen LogP contribution in [0.5, 0.6) is 11.5 Å². The lowest BCUT2D eigenvalue weighted by Gasteiger charge is -2.04. The molecule has 0 radical (unpaired) electrons. The summed E-state index contributed by atoms with van der Waals surface area (Å²) >= 11 is 0. The Bertz CT molecular complexity index is 521. The summed E-state index contributed by atoms with van der Waals surface area (Å²) in [4.78, 5) is 0. The van der Waals surface area contributed by atoms with E-state index in [2.05, 4.69) is 4.74 Å². The number of rotatable bonds is 4. The van der Waals surface area contributed by atoms with Gasteiger partial charge in [-0.2, -0.15) is 5.26 Å². The van der Waals surface area contributed by atoms with Crippen LogP contribution in [-0.4, -0.2) is 13.6 Å². The van der Waals surface area contributed by atoms with Gasteiger partial charge in [-0.25, -0.2) is 0 Å². The molecule has 3 heteroatoms. The van der Waals surface area contributed by atoms with Crippen molar-refractivity contribution in [3.63, 3.8) is 0 Å². The lowest BCUT2D eigenvalue weighted by molar-refractivity contribution is 0.325. The van der Waals surface area contributed by atoms with Gasteiger partial charge in [0.05, 0.1) is 29.1 Å². The fourth-order valence-electron chi connectivity index (χ4n) is 0.611. The van der Waals surface area contributed by atoms with E-state index in [0.29, 0.717) is 0 Å². The van der Waals surface area contributed by atoms with Gasteiger partial charge in [-0.1, -0.05) is 0 Å². The first-order chi connectivity index (χ1) is 9.19. The molecule has 0 aromatic heterocycles. The summed E-state index contributed by atoms with van der Waals surface area (Å²) in [6.45, 7) is -0.0907. The molecule has 3 nitrogen and oxygen atoms in total. The number of hydrogen-bond donors (Lipinski definition) is 0. The maximum absolute atomic E-state index is 8.38. The quantitative estimate of drug-likeness (QED) is 0.672. The monoisotopic (exact) mass is 184 g/mol. The third-order valence-corrected chi connectivity index (χ3v) is 1.14. The minimum Gasteiger partial charge on any atom is -0.497 e. The smallest absolute Gasteiger partial charge is 0.119 e. The molecule has 0 N–H and O–H groups in total. The molecular weight excluding hydrogens is 166 g/mol. The zero-order chi connectivity index (χ0) is 15.5. The zero-order valence-corrected chi connectivity index (χ0v) is 6.68. The highest BCUT2D eigenvalue weighted by molar-refractivity contribution is 5.31. The lowest BCUT2D eigenvalue weighted by atomic mass is 10.3. The SMILES string of the molecule is [2H]c1c([2H])c(OC([2H])([2H])[2H])c([2H])c([2H])c1OCCC#N. The van der Waals surface area contributed by atoms with Crippen molar-refractivity contribution in [1.29, 1.82) is 5.26 Å². The second-order valence-electron chi connectivity index (χ2n) is 2.02. The van der Waals surface area contributed by atoms with Gasteiger partial charge in [0.1, 0.15) is 18.1 Å². The highest BCUT2D eigenvalue weighted by Gasteiger charge is 1.93. The molecule has 1 aromatic rings. The minimum absolute atomic E-state index is 0.0209. The molecule has 0 aliphatic heterocycles. The topological polar surface area (TPSA) is 42.2 Å². The number of methoxy groups -OCH3 is 1.